The van der Waals surface area contributed by atoms with E-state index in [2.05, 4.69) is 5.32 Å². The van der Waals surface area contributed by atoms with E-state index in [1.807, 2.05) is 12.1 Å². The maximum Gasteiger partial charge on any atom is 0.227 e. The smallest absolute Gasteiger partial charge is 0.227 e. The number of carbonyl (C=O) groups excluding carboxylic acids is 1. The average molecular weight is 306 g/mol. The molecule has 4 nitrogen and oxygen atoms in total. The van der Waals surface area contributed by atoms with Crippen LogP contribution in [-0.4, -0.2) is 19.6 Å². The molecule has 0 heterocycles. The van der Waals surface area contributed by atoms with Gasteiger partial charge in [-0.05, 0) is 48.5 Å². The van der Waals surface area contributed by atoms with Crippen molar-refractivity contribution in [3.05, 3.63) is 53.6 Å². The number of amides is 1. The van der Waals surface area contributed by atoms with Gasteiger partial charge in [-0.1, -0.05) is 11.6 Å². The van der Waals surface area contributed by atoms with Gasteiger partial charge in [-0.3, -0.25) is 4.79 Å². The largest absolute Gasteiger partial charge is 0.497 e. The molecule has 0 spiro atoms. The number of hydrogen-bond donors (Lipinski definition) is 1. The van der Waals surface area contributed by atoms with Gasteiger partial charge in [0.05, 0.1) is 20.1 Å². The van der Waals surface area contributed by atoms with Crippen LogP contribution in [-0.2, 0) is 4.79 Å². The summed E-state index contributed by atoms with van der Waals surface area (Å²) in [5, 5.41) is 3.41. The SMILES string of the molecule is COc1ccc(OCCC(=O)Nc2ccc(Cl)cc2)cc1. The Morgan fingerprint density at radius 2 is 1.67 bits per heavy atom. The summed E-state index contributed by atoms with van der Waals surface area (Å²) in [6.07, 6.45) is 0.272. The summed E-state index contributed by atoms with van der Waals surface area (Å²) < 4.78 is 10.6. The molecule has 0 fully saturated rings. The van der Waals surface area contributed by atoms with E-state index in [1.54, 1.807) is 43.5 Å². The van der Waals surface area contributed by atoms with Gasteiger partial charge in [0.15, 0.2) is 0 Å². The number of halogens is 1. The first-order chi connectivity index (χ1) is 10.2. The summed E-state index contributed by atoms with van der Waals surface area (Å²) in [5.74, 6) is 1.36. The molecule has 2 aromatic rings. The lowest BCUT2D eigenvalue weighted by Crippen LogP contribution is -2.15. The molecule has 0 radical (unpaired) electrons. The molecule has 0 saturated carbocycles. The highest BCUT2D eigenvalue weighted by atomic mass is 35.5. The number of methoxy groups -OCH3 is 1. The molecular weight excluding hydrogens is 290 g/mol. The Kier molecular flexibility index (Phi) is 5.46. The predicted octanol–water partition coefficient (Wildman–Crippen LogP) is 3.76. The quantitative estimate of drug-likeness (QED) is 0.884. The van der Waals surface area contributed by atoms with Crippen LogP contribution in [0.1, 0.15) is 6.42 Å². The first-order valence-electron chi connectivity index (χ1n) is 6.49. The molecule has 110 valence electrons. The van der Waals surface area contributed by atoms with Gasteiger partial charge in [0.1, 0.15) is 11.5 Å². The summed E-state index contributed by atoms with van der Waals surface area (Å²) >= 11 is 5.78. The number of nitrogens with one attached hydrogen (secondary N) is 1. The Morgan fingerprint density at radius 1 is 1.05 bits per heavy atom. The van der Waals surface area contributed by atoms with Gasteiger partial charge in [0, 0.05) is 10.7 Å². The monoisotopic (exact) mass is 305 g/mol. The van der Waals surface area contributed by atoms with Crippen molar-refractivity contribution in [1.29, 1.82) is 0 Å². The van der Waals surface area contributed by atoms with Gasteiger partial charge in [0.2, 0.25) is 5.91 Å². The lowest BCUT2D eigenvalue weighted by atomic mass is 10.3. The van der Waals surface area contributed by atoms with Crippen LogP contribution in [0, 0.1) is 0 Å². The Morgan fingerprint density at radius 3 is 2.29 bits per heavy atom. The maximum atomic E-state index is 11.7. The summed E-state index contributed by atoms with van der Waals surface area (Å²) in [5.41, 5.74) is 0.717. The molecule has 0 unspecified atom stereocenters. The van der Waals surface area contributed by atoms with E-state index >= 15 is 0 Å². The number of benzene rings is 2. The minimum atomic E-state index is -0.106. The van der Waals surface area contributed by atoms with Crippen LogP contribution in [0.4, 0.5) is 5.69 Å². The van der Waals surface area contributed by atoms with Crippen molar-refractivity contribution >= 4 is 23.2 Å². The molecule has 0 aromatic heterocycles. The van der Waals surface area contributed by atoms with Crippen molar-refractivity contribution in [2.75, 3.05) is 19.0 Å². The third-order valence-corrected chi connectivity index (χ3v) is 3.04. The van der Waals surface area contributed by atoms with Gasteiger partial charge in [0.25, 0.3) is 0 Å². The fraction of sp³-hybridized carbons (Fsp3) is 0.188. The van der Waals surface area contributed by atoms with E-state index in [4.69, 9.17) is 21.1 Å². The molecule has 0 saturated heterocycles. The summed E-state index contributed by atoms with van der Waals surface area (Å²) in [7, 11) is 1.61. The van der Waals surface area contributed by atoms with Crippen LogP contribution in [0.2, 0.25) is 5.02 Å². The van der Waals surface area contributed by atoms with Gasteiger partial charge >= 0.3 is 0 Å². The first-order valence-corrected chi connectivity index (χ1v) is 6.87. The van der Waals surface area contributed by atoms with Gasteiger partial charge in [-0.2, -0.15) is 0 Å². The van der Waals surface area contributed by atoms with Gasteiger partial charge in [-0.15, -0.1) is 0 Å². The minimum Gasteiger partial charge on any atom is -0.497 e. The van der Waals surface area contributed by atoms with Crippen LogP contribution in [0.15, 0.2) is 48.5 Å². The summed E-state index contributed by atoms with van der Waals surface area (Å²) in [6, 6.07) is 14.2. The molecule has 2 aromatic carbocycles. The standard InChI is InChI=1S/C16H16ClNO3/c1-20-14-6-8-15(9-7-14)21-11-10-16(19)18-13-4-2-12(17)3-5-13/h2-9H,10-11H2,1H3,(H,18,19). The second-order valence-electron chi connectivity index (χ2n) is 4.33. The number of anilines is 1. The highest BCUT2D eigenvalue weighted by Crippen LogP contribution is 2.17. The molecule has 0 aliphatic rings. The third-order valence-electron chi connectivity index (χ3n) is 2.79. The zero-order valence-electron chi connectivity index (χ0n) is 11.6. The fourth-order valence-corrected chi connectivity index (χ4v) is 1.82. The molecule has 1 N–H and O–H groups in total. The lowest BCUT2D eigenvalue weighted by Gasteiger charge is -2.08. The number of ether oxygens (including phenoxy) is 2. The van der Waals surface area contributed by atoms with E-state index in [1.165, 1.54) is 0 Å². The first kappa shape index (κ1) is 15.2. The molecule has 2 rings (SSSR count). The van der Waals surface area contributed by atoms with Crippen molar-refractivity contribution in [3.63, 3.8) is 0 Å². The second kappa shape index (κ2) is 7.55. The van der Waals surface area contributed by atoms with Gasteiger partial charge in [-0.25, -0.2) is 0 Å². The second-order valence-corrected chi connectivity index (χ2v) is 4.77. The molecule has 0 aliphatic heterocycles. The van der Waals surface area contributed by atoms with E-state index in [9.17, 15) is 4.79 Å². The van der Waals surface area contributed by atoms with Crippen LogP contribution < -0.4 is 14.8 Å². The number of rotatable bonds is 6. The molecule has 0 bridgehead atoms. The molecule has 0 atom stereocenters. The topological polar surface area (TPSA) is 47.6 Å². The Balaban J connectivity index is 1.74. The van der Waals surface area contributed by atoms with Crippen LogP contribution in [0.3, 0.4) is 0 Å². The van der Waals surface area contributed by atoms with Crippen LogP contribution >= 0.6 is 11.6 Å². The van der Waals surface area contributed by atoms with Crippen molar-refractivity contribution in [3.8, 4) is 11.5 Å². The van der Waals surface area contributed by atoms with E-state index in [-0.39, 0.29) is 12.3 Å². The van der Waals surface area contributed by atoms with Crippen molar-refractivity contribution in [1.82, 2.24) is 0 Å². The Bertz CT molecular complexity index is 581. The number of hydrogen-bond acceptors (Lipinski definition) is 3. The highest BCUT2D eigenvalue weighted by molar-refractivity contribution is 6.30. The fourth-order valence-electron chi connectivity index (χ4n) is 1.69. The van der Waals surface area contributed by atoms with Gasteiger partial charge < -0.3 is 14.8 Å². The normalized spacial score (nSPS) is 10.0. The summed E-state index contributed by atoms with van der Waals surface area (Å²) in [6.45, 7) is 0.311. The molecule has 0 aliphatic carbocycles. The number of carbonyl (C=O) groups is 1. The highest BCUT2D eigenvalue weighted by Gasteiger charge is 2.03. The molecule has 1 amide bonds. The van der Waals surface area contributed by atoms with Crippen molar-refractivity contribution in [2.24, 2.45) is 0 Å². The van der Waals surface area contributed by atoms with Crippen molar-refractivity contribution in [2.45, 2.75) is 6.42 Å². The average Bonchev–Trinajstić information content (AvgIpc) is 2.50. The zero-order valence-corrected chi connectivity index (χ0v) is 12.4. The lowest BCUT2D eigenvalue weighted by molar-refractivity contribution is -0.116. The van der Waals surface area contributed by atoms with E-state index in [0.717, 1.165) is 5.75 Å². The molecule has 5 heteroatoms. The third kappa shape index (κ3) is 5.00. The molecular formula is C16H16ClNO3. The molecule has 21 heavy (non-hydrogen) atoms. The zero-order chi connectivity index (χ0) is 15.1. The summed E-state index contributed by atoms with van der Waals surface area (Å²) in [4.78, 5) is 11.7. The Labute approximate surface area is 128 Å². The Hall–Kier alpha value is -2.20. The van der Waals surface area contributed by atoms with E-state index in [0.29, 0.717) is 23.1 Å². The maximum absolute atomic E-state index is 11.7. The van der Waals surface area contributed by atoms with Crippen LogP contribution in [0.5, 0.6) is 11.5 Å². The minimum absolute atomic E-state index is 0.106. The van der Waals surface area contributed by atoms with Crippen LogP contribution in [0.25, 0.3) is 0 Å². The predicted molar refractivity (Wildman–Crippen MR) is 83.2 cm³/mol. The van der Waals surface area contributed by atoms with E-state index < -0.39 is 0 Å². The van der Waals surface area contributed by atoms with Crippen molar-refractivity contribution < 1.29 is 14.3 Å².